The van der Waals surface area contributed by atoms with Crippen molar-refractivity contribution in [2.45, 2.75) is 251 Å². The first-order chi connectivity index (χ1) is 28.5. The van der Waals surface area contributed by atoms with Crippen molar-refractivity contribution < 1.29 is 32.9 Å². The topological polar surface area (TPSA) is 105 Å². The number of aliphatic hydroxyl groups excluding tert-OH is 1. The van der Waals surface area contributed by atoms with E-state index in [2.05, 4.69) is 43.5 Å². The summed E-state index contributed by atoms with van der Waals surface area (Å²) in [5.74, 6) is -0.156. The number of carbonyl (C=O) groups is 1. The van der Waals surface area contributed by atoms with E-state index in [1.807, 2.05) is 21.1 Å². The van der Waals surface area contributed by atoms with Crippen molar-refractivity contribution in [1.29, 1.82) is 0 Å². The smallest absolute Gasteiger partial charge is 0.391 e. The van der Waals surface area contributed by atoms with Crippen LogP contribution in [0.2, 0.25) is 0 Å². The summed E-state index contributed by atoms with van der Waals surface area (Å²) < 4.78 is 23.7. The molecule has 0 aromatic heterocycles. The van der Waals surface area contributed by atoms with Crippen LogP contribution in [0, 0.1) is 0 Å². The molecule has 1 amide bonds. The monoisotopic (exact) mass is 856 g/mol. The van der Waals surface area contributed by atoms with Crippen molar-refractivity contribution in [3.05, 3.63) is 24.3 Å². The highest BCUT2D eigenvalue weighted by molar-refractivity contribution is 7.47. The third kappa shape index (κ3) is 44.8. The Morgan fingerprint density at radius 2 is 0.966 bits per heavy atom. The molecule has 0 aliphatic heterocycles. The molecule has 0 saturated heterocycles. The number of rotatable bonds is 46. The van der Waals surface area contributed by atoms with Crippen molar-refractivity contribution in [2.75, 3.05) is 40.9 Å². The summed E-state index contributed by atoms with van der Waals surface area (Å²) in [5, 5.41) is 14.0. The lowest BCUT2D eigenvalue weighted by Gasteiger charge is -2.26. The number of aliphatic hydroxyl groups is 1. The highest BCUT2D eigenvalue weighted by Gasteiger charge is 2.28. The van der Waals surface area contributed by atoms with Crippen LogP contribution in [-0.2, 0) is 18.4 Å². The third-order valence-electron chi connectivity index (χ3n) is 11.5. The van der Waals surface area contributed by atoms with Crippen LogP contribution in [0.5, 0.6) is 0 Å². The van der Waals surface area contributed by atoms with E-state index in [9.17, 15) is 19.4 Å². The van der Waals surface area contributed by atoms with Crippen LogP contribution in [0.25, 0.3) is 0 Å². The van der Waals surface area contributed by atoms with Gasteiger partial charge in [0, 0.05) is 6.42 Å². The molecule has 0 rings (SSSR count). The molecular weight excluding hydrogens is 756 g/mol. The quantitative estimate of drug-likeness (QED) is 0.0244. The fourth-order valence-electron chi connectivity index (χ4n) is 7.43. The molecule has 8 nitrogen and oxygen atoms in total. The number of hydrogen-bond donors (Lipinski definition) is 3. The molecule has 350 valence electrons. The number of quaternary nitrogens is 1. The Hall–Kier alpha value is -1.02. The van der Waals surface area contributed by atoms with E-state index in [1.54, 1.807) is 0 Å². The maximum atomic E-state index is 12.9. The van der Waals surface area contributed by atoms with E-state index < -0.39 is 20.0 Å². The van der Waals surface area contributed by atoms with Crippen molar-refractivity contribution in [2.24, 2.45) is 0 Å². The molecule has 0 aliphatic carbocycles. The molecule has 3 atom stereocenters. The minimum atomic E-state index is -4.32. The van der Waals surface area contributed by atoms with Gasteiger partial charge in [0.25, 0.3) is 0 Å². The van der Waals surface area contributed by atoms with Crippen LogP contribution in [0.3, 0.4) is 0 Å². The van der Waals surface area contributed by atoms with Gasteiger partial charge in [-0.3, -0.25) is 13.8 Å². The molecule has 59 heavy (non-hydrogen) atoms. The van der Waals surface area contributed by atoms with Crippen molar-refractivity contribution >= 4 is 13.7 Å². The van der Waals surface area contributed by atoms with E-state index in [-0.39, 0.29) is 19.1 Å². The molecule has 3 N–H and O–H groups in total. The predicted molar refractivity (Wildman–Crippen MR) is 254 cm³/mol. The fourth-order valence-corrected chi connectivity index (χ4v) is 8.17. The van der Waals surface area contributed by atoms with Crippen LogP contribution in [0.1, 0.15) is 239 Å². The van der Waals surface area contributed by atoms with Crippen molar-refractivity contribution in [1.82, 2.24) is 5.32 Å². The number of nitrogens with zero attached hydrogens (tertiary/aromatic N) is 1. The Bertz CT molecular complexity index is 1020. The van der Waals surface area contributed by atoms with Crippen LogP contribution in [0.4, 0.5) is 0 Å². The second kappa shape index (κ2) is 42.3. The average molecular weight is 856 g/mol. The van der Waals surface area contributed by atoms with Gasteiger partial charge in [-0.15, -0.1) is 0 Å². The van der Waals surface area contributed by atoms with Gasteiger partial charge >= 0.3 is 7.82 Å². The SMILES string of the molecule is CCCCCC/C=C\C/C=C\CCCCCCCC(=O)NC(COP(=O)(O)OCC[N+](C)(C)C)C(O)CCCCCCCCCCCCCCCCCCCCCCC. The number of hydrogen-bond acceptors (Lipinski definition) is 5. The van der Waals surface area contributed by atoms with Gasteiger partial charge in [-0.2, -0.15) is 0 Å². The van der Waals surface area contributed by atoms with Gasteiger partial charge in [-0.25, -0.2) is 4.57 Å². The summed E-state index contributed by atoms with van der Waals surface area (Å²) in [7, 11) is 1.61. The molecule has 0 saturated carbocycles. The van der Waals surface area contributed by atoms with Gasteiger partial charge in [0.05, 0.1) is 39.9 Å². The number of phosphoric acid groups is 1. The zero-order chi connectivity index (χ0) is 43.6. The van der Waals surface area contributed by atoms with Gasteiger partial charge in [0.1, 0.15) is 13.2 Å². The Labute approximate surface area is 366 Å². The van der Waals surface area contributed by atoms with Gasteiger partial charge in [0.15, 0.2) is 0 Å². The normalized spacial score (nSPS) is 14.4. The van der Waals surface area contributed by atoms with Gasteiger partial charge in [-0.1, -0.05) is 212 Å². The van der Waals surface area contributed by atoms with E-state index in [1.165, 1.54) is 148 Å². The average Bonchev–Trinajstić information content (AvgIpc) is 3.19. The van der Waals surface area contributed by atoms with Crippen LogP contribution in [-0.4, -0.2) is 73.4 Å². The number of amides is 1. The number of carbonyl (C=O) groups excluding carboxylic acids is 1. The summed E-state index contributed by atoms with van der Waals surface area (Å²) in [6, 6.07) is -0.766. The second-order valence-corrected chi connectivity index (χ2v) is 20.0. The largest absolute Gasteiger partial charge is 0.472 e. The molecule has 0 bridgehead atoms. The van der Waals surface area contributed by atoms with Gasteiger partial charge in [0.2, 0.25) is 5.91 Å². The lowest BCUT2D eigenvalue weighted by atomic mass is 10.0. The standard InChI is InChI=1S/C50H99N2O6P/c1-6-8-10-12-14-16-18-20-22-24-25-26-27-28-29-31-33-35-37-39-41-43-49(53)48(47-58-59(55,56)57-46-45-52(3,4)5)51-50(54)44-42-40-38-36-34-32-30-23-21-19-17-15-13-11-9-7-2/h17,19,23,30,48-49,53H,6-16,18,20-22,24-29,31-47H2,1-5H3,(H-,51,54,55,56)/p+1/b19-17-,30-23-. The molecule has 0 aromatic carbocycles. The summed E-state index contributed by atoms with van der Waals surface area (Å²) in [6.45, 7) is 4.88. The zero-order valence-corrected chi connectivity index (χ0v) is 40.7. The van der Waals surface area contributed by atoms with Gasteiger partial charge < -0.3 is 19.8 Å². The summed E-state index contributed by atoms with van der Waals surface area (Å²) >= 11 is 0. The molecule has 0 aromatic rings. The Morgan fingerprint density at radius 3 is 1.41 bits per heavy atom. The van der Waals surface area contributed by atoms with Crippen molar-refractivity contribution in [3.63, 3.8) is 0 Å². The van der Waals surface area contributed by atoms with Gasteiger partial charge in [-0.05, 0) is 44.9 Å². The van der Waals surface area contributed by atoms with Crippen LogP contribution < -0.4 is 5.32 Å². The van der Waals surface area contributed by atoms with Crippen LogP contribution >= 0.6 is 7.82 Å². The third-order valence-corrected chi connectivity index (χ3v) is 12.4. The first-order valence-electron chi connectivity index (χ1n) is 25.2. The maximum absolute atomic E-state index is 12.9. The van der Waals surface area contributed by atoms with Crippen molar-refractivity contribution in [3.8, 4) is 0 Å². The first kappa shape index (κ1) is 58.0. The van der Waals surface area contributed by atoms with Crippen LogP contribution in [0.15, 0.2) is 24.3 Å². The Kier molecular flexibility index (Phi) is 41.6. The number of likely N-dealkylation sites (N-methyl/N-ethyl adjacent to an activating group) is 1. The summed E-state index contributed by atoms with van der Waals surface area (Å²) in [5.41, 5.74) is 0. The maximum Gasteiger partial charge on any atom is 0.472 e. The zero-order valence-electron chi connectivity index (χ0n) is 39.8. The number of nitrogens with one attached hydrogen (secondary N) is 1. The second-order valence-electron chi connectivity index (χ2n) is 18.5. The molecule has 3 unspecified atom stereocenters. The number of phosphoric ester groups is 1. The number of allylic oxidation sites excluding steroid dienone is 4. The first-order valence-corrected chi connectivity index (χ1v) is 26.7. The lowest BCUT2D eigenvalue weighted by molar-refractivity contribution is -0.870. The highest BCUT2D eigenvalue weighted by Crippen LogP contribution is 2.43. The van der Waals surface area contributed by atoms with E-state index in [0.29, 0.717) is 23.9 Å². The van der Waals surface area contributed by atoms with E-state index in [0.717, 1.165) is 64.2 Å². The predicted octanol–water partition coefficient (Wildman–Crippen LogP) is 14.5. The highest BCUT2D eigenvalue weighted by atomic mass is 31.2. The molecule has 0 heterocycles. The summed E-state index contributed by atoms with van der Waals surface area (Å²) in [4.78, 5) is 23.2. The fraction of sp³-hybridized carbons (Fsp3) is 0.900. The molecule has 0 aliphatic rings. The lowest BCUT2D eigenvalue weighted by Crippen LogP contribution is -2.46. The Balaban J connectivity index is 4.27. The Morgan fingerprint density at radius 1 is 0.576 bits per heavy atom. The summed E-state index contributed by atoms with van der Waals surface area (Å²) in [6.07, 6.45) is 50.7. The minimum Gasteiger partial charge on any atom is -0.391 e. The van der Waals surface area contributed by atoms with E-state index >= 15 is 0 Å². The van der Waals surface area contributed by atoms with E-state index in [4.69, 9.17) is 9.05 Å². The molecular formula is C50H100N2O6P+. The minimum absolute atomic E-state index is 0.0726. The molecule has 0 fully saturated rings. The molecule has 9 heteroatoms. The molecule has 0 spiro atoms. The number of unbranched alkanes of at least 4 members (excludes halogenated alkanes) is 29. The molecule has 0 radical (unpaired) electrons.